The molecule has 0 aromatic heterocycles. The van der Waals surface area contributed by atoms with Crippen molar-refractivity contribution in [2.45, 2.75) is 70.5 Å². The van der Waals surface area contributed by atoms with Gasteiger partial charge in [-0.2, -0.15) is 0 Å². The second kappa shape index (κ2) is 6.88. The summed E-state index contributed by atoms with van der Waals surface area (Å²) >= 11 is 0. The summed E-state index contributed by atoms with van der Waals surface area (Å²) in [6.07, 6.45) is 9.42. The van der Waals surface area contributed by atoms with Crippen molar-refractivity contribution in [2.24, 2.45) is 5.41 Å². The summed E-state index contributed by atoms with van der Waals surface area (Å²) in [7, 11) is 0. The minimum atomic E-state index is -0.121. The third-order valence-electron chi connectivity index (χ3n) is 4.72. The zero-order valence-corrected chi connectivity index (χ0v) is 11.7. The topological polar surface area (TPSA) is 38.7 Å². The fourth-order valence-electron chi connectivity index (χ4n) is 3.42. The Bertz CT molecular complexity index is 236. The van der Waals surface area contributed by atoms with Crippen LogP contribution in [0.2, 0.25) is 0 Å². The summed E-state index contributed by atoms with van der Waals surface area (Å²) in [6, 6.07) is 0. The first-order valence-corrected chi connectivity index (χ1v) is 7.67. The third-order valence-corrected chi connectivity index (χ3v) is 4.72. The zero-order chi connectivity index (χ0) is 12.8. The van der Waals surface area contributed by atoms with Gasteiger partial charge in [-0.05, 0) is 19.3 Å². The monoisotopic (exact) mass is 256 g/mol. The van der Waals surface area contributed by atoms with Gasteiger partial charge in [0.25, 0.3) is 0 Å². The highest BCUT2D eigenvalue weighted by Gasteiger charge is 2.55. The number of hydrogen-bond acceptors (Lipinski definition) is 3. The average molecular weight is 256 g/mol. The highest BCUT2D eigenvalue weighted by atomic mass is 16.5. The Labute approximate surface area is 111 Å². The van der Waals surface area contributed by atoms with E-state index < -0.39 is 0 Å². The lowest BCUT2D eigenvalue weighted by molar-refractivity contribution is -0.209. The number of hydrogen-bond donors (Lipinski definition) is 1. The number of aliphatic hydroxyl groups is 1. The Morgan fingerprint density at radius 2 is 1.89 bits per heavy atom. The van der Waals surface area contributed by atoms with Crippen LogP contribution in [0.5, 0.6) is 0 Å². The molecule has 3 heteroatoms. The molecule has 0 aromatic carbocycles. The molecular formula is C15H28O3. The van der Waals surface area contributed by atoms with E-state index in [1.807, 2.05) is 0 Å². The van der Waals surface area contributed by atoms with Crippen LogP contribution in [0.3, 0.4) is 0 Å². The Morgan fingerprint density at radius 3 is 2.56 bits per heavy atom. The molecule has 0 bridgehead atoms. The first kappa shape index (κ1) is 14.3. The lowest BCUT2D eigenvalue weighted by atomic mass is 9.56. The van der Waals surface area contributed by atoms with Crippen molar-refractivity contribution in [1.29, 1.82) is 0 Å². The molecule has 18 heavy (non-hydrogen) atoms. The second-order valence-corrected chi connectivity index (χ2v) is 5.87. The van der Waals surface area contributed by atoms with E-state index >= 15 is 0 Å². The Balaban J connectivity index is 1.64. The Morgan fingerprint density at radius 1 is 1.11 bits per heavy atom. The average Bonchev–Trinajstić information content (AvgIpc) is 2.42. The van der Waals surface area contributed by atoms with Gasteiger partial charge in [0.05, 0.1) is 25.4 Å². The summed E-state index contributed by atoms with van der Waals surface area (Å²) in [5, 5.41) is 10.1. The molecule has 0 aliphatic heterocycles. The fourth-order valence-corrected chi connectivity index (χ4v) is 3.42. The Hall–Kier alpha value is -0.120. The molecule has 0 amide bonds. The van der Waals surface area contributed by atoms with Crippen molar-refractivity contribution >= 4 is 0 Å². The van der Waals surface area contributed by atoms with E-state index in [-0.39, 0.29) is 17.6 Å². The number of aliphatic hydroxyl groups excluding tert-OH is 1. The van der Waals surface area contributed by atoms with Crippen LogP contribution in [0.4, 0.5) is 0 Å². The molecule has 2 aliphatic carbocycles. The van der Waals surface area contributed by atoms with Crippen molar-refractivity contribution in [2.75, 3.05) is 19.8 Å². The molecule has 2 unspecified atom stereocenters. The quantitative estimate of drug-likeness (QED) is 0.712. The highest BCUT2D eigenvalue weighted by Crippen LogP contribution is 2.53. The van der Waals surface area contributed by atoms with Crippen LogP contribution >= 0.6 is 0 Å². The molecule has 0 heterocycles. The maximum atomic E-state index is 10.1. The molecule has 2 aliphatic rings. The van der Waals surface area contributed by atoms with E-state index in [4.69, 9.17) is 9.47 Å². The van der Waals surface area contributed by atoms with Gasteiger partial charge in [0.1, 0.15) is 0 Å². The SMILES string of the molecule is CCCCOCCOC1CC(O)C12CCCCC2. The molecule has 2 rings (SSSR count). The standard InChI is InChI=1S/C15H28O3/c1-2-3-9-17-10-11-18-14-12-13(16)15(14)7-5-4-6-8-15/h13-14,16H,2-12H2,1H3. The molecule has 2 fully saturated rings. The van der Waals surface area contributed by atoms with Gasteiger partial charge in [-0.1, -0.05) is 32.6 Å². The van der Waals surface area contributed by atoms with Crippen LogP contribution in [-0.2, 0) is 9.47 Å². The van der Waals surface area contributed by atoms with Crippen LogP contribution in [-0.4, -0.2) is 37.1 Å². The maximum Gasteiger partial charge on any atom is 0.0704 e. The smallest absolute Gasteiger partial charge is 0.0704 e. The molecule has 0 radical (unpaired) electrons. The van der Waals surface area contributed by atoms with E-state index in [9.17, 15) is 5.11 Å². The molecule has 0 aromatic rings. The maximum absolute atomic E-state index is 10.1. The van der Waals surface area contributed by atoms with Crippen molar-refractivity contribution in [3.63, 3.8) is 0 Å². The summed E-state index contributed by atoms with van der Waals surface area (Å²) in [5.74, 6) is 0. The molecule has 1 N–H and O–H groups in total. The largest absolute Gasteiger partial charge is 0.392 e. The van der Waals surface area contributed by atoms with Crippen molar-refractivity contribution < 1.29 is 14.6 Å². The van der Waals surface area contributed by atoms with Gasteiger partial charge in [-0.25, -0.2) is 0 Å². The van der Waals surface area contributed by atoms with Crippen LogP contribution < -0.4 is 0 Å². The van der Waals surface area contributed by atoms with E-state index in [0.717, 1.165) is 32.3 Å². The van der Waals surface area contributed by atoms with Crippen molar-refractivity contribution in [3.05, 3.63) is 0 Å². The number of ether oxygens (including phenoxy) is 2. The summed E-state index contributed by atoms with van der Waals surface area (Å²) < 4.78 is 11.4. The number of unbranched alkanes of at least 4 members (excludes halogenated alkanes) is 1. The first-order valence-electron chi connectivity index (χ1n) is 7.67. The summed E-state index contributed by atoms with van der Waals surface area (Å²) in [4.78, 5) is 0. The van der Waals surface area contributed by atoms with Crippen LogP contribution in [0.1, 0.15) is 58.3 Å². The van der Waals surface area contributed by atoms with Gasteiger partial charge in [0.2, 0.25) is 0 Å². The summed E-state index contributed by atoms with van der Waals surface area (Å²) in [5.41, 5.74) is 0.0989. The van der Waals surface area contributed by atoms with Crippen molar-refractivity contribution in [1.82, 2.24) is 0 Å². The van der Waals surface area contributed by atoms with Crippen molar-refractivity contribution in [3.8, 4) is 0 Å². The molecule has 106 valence electrons. The van der Waals surface area contributed by atoms with Crippen LogP contribution in [0.25, 0.3) is 0 Å². The normalized spacial score (nSPS) is 30.3. The van der Waals surface area contributed by atoms with Crippen LogP contribution in [0, 0.1) is 5.41 Å². The molecule has 0 saturated heterocycles. The molecular weight excluding hydrogens is 228 g/mol. The lowest BCUT2D eigenvalue weighted by Gasteiger charge is -2.55. The number of rotatable bonds is 7. The molecule has 1 spiro atoms. The first-order chi connectivity index (χ1) is 8.79. The van der Waals surface area contributed by atoms with Crippen LogP contribution in [0.15, 0.2) is 0 Å². The van der Waals surface area contributed by atoms with Gasteiger partial charge in [0, 0.05) is 18.4 Å². The minimum Gasteiger partial charge on any atom is -0.392 e. The van der Waals surface area contributed by atoms with Gasteiger partial charge < -0.3 is 14.6 Å². The van der Waals surface area contributed by atoms with Gasteiger partial charge >= 0.3 is 0 Å². The fraction of sp³-hybridized carbons (Fsp3) is 1.00. The predicted molar refractivity (Wildman–Crippen MR) is 71.6 cm³/mol. The van der Waals surface area contributed by atoms with E-state index in [1.54, 1.807) is 0 Å². The van der Waals surface area contributed by atoms with E-state index in [2.05, 4.69) is 6.92 Å². The Kier molecular flexibility index (Phi) is 5.46. The zero-order valence-electron chi connectivity index (χ0n) is 11.7. The highest BCUT2D eigenvalue weighted by molar-refractivity contribution is 5.05. The van der Waals surface area contributed by atoms with Gasteiger partial charge in [-0.3, -0.25) is 0 Å². The third kappa shape index (κ3) is 3.06. The second-order valence-electron chi connectivity index (χ2n) is 5.87. The predicted octanol–water partition coefficient (Wildman–Crippen LogP) is 2.90. The molecule has 2 saturated carbocycles. The van der Waals surface area contributed by atoms with Gasteiger partial charge in [0.15, 0.2) is 0 Å². The molecule has 2 atom stereocenters. The summed E-state index contributed by atoms with van der Waals surface area (Å²) in [6.45, 7) is 4.40. The lowest BCUT2D eigenvalue weighted by Crippen LogP contribution is -2.59. The molecule has 3 nitrogen and oxygen atoms in total. The minimum absolute atomic E-state index is 0.0989. The van der Waals surface area contributed by atoms with E-state index in [1.165, 1.54) is 25.7 Å². The van der Waals surface area contributed by atoms with E-state index in [0.29, 0.717) is 13.2 Å². The van der Waals surface area contributed by atoms with Gasteiger partial charge in [-0.15, -0.1) is 0 Å².